The van der Waals surface area contributed by atoms with Crippen LogP contribution in [0.4, 0.5) is 5.69 Å². The van der Waals surface area contributed by atoms with Crippen LogP contribution in [0.1, 0.15) is 5.56 Å². The second-order valence-corrected chi connectivity index (χ2v) is 5.94. The molecule has 0 aliphatic heterocycles. The first kappa shape index (κ1) is 13.0. The van der Waals surface area contributed by atoms with Gasteiger partial charge in [-0.2, -0.15) is 0 Å². The molecule has 1 aromatic carbocycles. The van der Waals surface area contributed by atoms with Crippen molar-refractivity contribution in [3.8, 4) is 0 Å². The number of ether oxygens (including phenoxy) is 1. The lowest BCUT2D eigenvalue weighted by Gasteiger charge is -2.04. The van der Waals surface area contributed by atoms with Gasteiger partial charge in [0.2, 0.25) is 0 Å². The Hall–Kier alpha value is -1.07. The van der Waals surface area contributed by atoms with Gasteiger partial charge in [0, 0.05) is 12.8 Å². The van der Waals surface area contributed by atoms with Gasteiger partial charge in [-0.05, 0) is 24.1 Å². The van der Waals surface area contributed by atoms with Gasteiger partial charge in [0.05, 0.1) is 18.1 Å². The highest BCUT2D eigenvalue weighted by Gasteiger charge is 2.10. The van der Waals surface area contributed by atoms with E-state index in [4.69, 9.17) is 10.5 Å². The van der Waals surface area contributed by atoms with Gasteiger partial charge in [0.15, 0.2) is 9.84 Å². The Morgan fingerprint density at radius 1 is 1.19 bits per heavy atom. The maximum atomic E-state index is 11.5. The molecule has 0 aliphatic rings. The predicted molar refractivity (Wildman–Crippen MR) is 65.1 cm³/mol. The van der Waals surface area contributed by atoms with Crippen molar-refractivity contribution in [2.45, 2.75) is 6.42 Å². The molecule has 0 aromatic heterocycles. The lowest BCUT2D eigenvalue weighted by molar-refractivity contribution is 0.217. The summed E-state index contributed by atoms with van der Waals surface area (Å²) in [5.41, 5.74) is 7.21. The number of nitrogens with two attached hydrogens (primary N) is 1. The third kappa shape index (κ3) is 4.63. The van der Waals surface area contributed by atoms with Gasteiger partial charge >= 0.3 is 0 Å². The summed E-state index contributed by atoms with van der Waals surface area (Å²) in [6, 6.07) is 7.25. The molecule has 5 heteroatoms. The van der Waals surface area contributed by atoms with E-state index in [1.165, 1.54) is 7.11 Å². The van der Waals surface area contributed by atoms with Gasteiger partial charge in [-0.1, -0.05) is 12.1 Å². The number of benzene rings is 1. The second kappa shape index (κ2) is 5.86. The molecule has 0 radical (unpaired) electrons. The molecule has 4 nitrogen and oxygen atoms in total. The third-order valence-electron chi connectivity index (χ3n) is 2.28. The van der Waals surface area contributed by atoms with Crippen LogP contribution in [-0.4, -0.2) is 33.6 Å². The maximum Gasteiger partial charge on any atom is 0.152 e. The van der Waals surface area contributed by atoms with Crippen LogP contribution in [0.15, 0.2) is 24.3 Å². The fourth-order valence-corrected chi connectivity index (χ4v) is 2.44. The number of hydrogen-bond acceptors (Lipinski definition) is 4. The van der Waals surface area contributed by atoms with E-state index < -0.39 is 9.84 Å². The molecule has 0 aliphatic carbocycles. The Morgan fingerprint density at radius 3 is 2.38 bits per heavy atom. The molecule has 0 spiro atoms. The molecule has 90 valence electrons. The Balaban J connectivity index is 2.48. The van der Waals surface area contributed by atoms with Gasteiger partial charge < -0.3 is 10.5 Å². The van der Waals surface area contributed by atoms with Gasteiger partial charge in [-0.15, -0.1) is 0 Å². The van der Waals surface area contributed by atoms with E-state index in [2.05, 4.69) is 0 Å². The summed E-state index contributed by atoms with van der Waals surface area (Å²) in [5, 5.41) is 0. The Labute approximate surface area is 96.3 Å². The smallest absolute Gasteiger partial charge is 0.152 e. The summed E-state index contributed by atoms with van der Waals surface area (Å²) in [6.07, 6.45) is 0.520. The summed E-state index contributed by atoms with van der Waals surface area (Å²) in [4.78, 5) is 0. The minimum absolute atomic E-state index is 0.0818. The maximum absolute atomic E-state index is 11.5. The van der Waals surface area contributed by atoms with E-state index in [1.807, 2.05) is 12.1 Å². The van der Waals surface area contributed by atoms with Crippen molar-refractivity contribution in [2.24, 2.45) is 0 Å². The summed E-state index contributed by atoms with van der Waals surface area (Å²) in [7, 11) is -1.51. The number of nitrogen functional groups attached to an aromatic ring is 1. The molecule has 16 heavy (non-hydrogen) atoms. The van der Waals surface area contributed by atoms with Crippen LogP contribution in [0.25, 0.3) is 0 Å². The first-order valence-electron chi connectivity index (χ1n) is 5.07. The fraction of sp³-hybridized carbons (Fsp3) is 0.455. The minimum atomic E-state index is -3.01. The molecule has 0 amide bonds. The van der Waals surface area contributed by atoms with Crippen molar-refractivity contribution < 1.29 is 13.2 Å². The van der Waals surface area contributed by atoms with Gasteiger partial charge in [0.1, 0.15) is 0 Å². The van der Waals surface area contributed by atoms with Crippen molar-refractivity contribution >= 4 is 15.5 Å². The van der Waals surface area contributed by atoms with Crippen LogP contribution >= 0.6 is 0 Å². The van der Waals surface area contributed by atoms with Crippen molar-refractivity contribution in [3.63, 3.8) is 0 Å². The van der Waals surface area contributed by atoms with Crippen LogP contribution in [0.5, 0.6) is 0 Å². The standard InChI is InChI=1S/C11H17NO3S/c1-15-7-9-16(13,14)8-6-10-2-4-11(12)5-3-10/h2-5H,6-9,12H2,1H3. The molecular weight excluding hydrogens is 226 g/mol. The lowest BCUT2D eigenvalue weighted by atomic mass is 10.2. The zero-order valence-electron chi connectivity index (χ0n) is 9.35. The normalized spacial score (nSPS) is 11.6. The monoisotopic (exact) mass is 243 g/mol. The fourth-order valence-electron chi connectivity index (χ4n) is 1.27. The molecule has 0 saturated heterocycles. The SMILES string of the molecule is COCCS(=O)(=O)CCc1ccc(N)cc1. The van der Waals surface area contributed by atoms with Crippen LogP contribution < -0.4 is 5.73 Å². The Morgan fingerprint density at radius 2 is 1.81 bits per heavy atom. The van der Waals surface area contributed by atoms with Gasteiger partial charge in [0.25, 0.3) is 0 Å². The third-order valence-corrected chi connectivity index (χ3v) is 3.89. The van der Waals surface area contributed by atoms with E-state index in [9.17, 15) is 8.42 Å². The number of sulfone groups is 1. The van der Waals surface area contributed by atoms with Gasteiger partial charge in [-0.3, -0.25) is 0 Å². The van der Waals surface area contributed by atoms with E-state index in [1.54, 1.807) is 12.1 Å². The number of anilines is 1. The first-order chi connectivity index (χ1) is 7.53. The number of hydrogen-bond donors (Lipinski definition) is 1. The molecule has 0 saturated carbocycles. The summed E-state index contributed by atoms with van der Waals surface area (Å²) in [5.74, 6) is 0.235. The Bertz CT molecular complexity index is 411. The topological polar surface area (TPSA) is 69.4 Å². The largest absolute Gasteiger partial charge is 0.399 e. The van der Waals surface area contributed by atoms with Crippen molar-refractivity contribution in [3.05, 3.63) is 29.8 Å². The van der Waals surface area contributed by atoms with E-state index >= 15 is 0 Å². The molecule has 0 heterocycles. The van der Waals surface area contributed by atoms with E-state index in [0.717, 1.165) is 5.56 Å². The summed E-state index contributed by atoms with van der Waals surface area (Å²) >= 11 is 0. The molecule has 0 atom stereocenters. The van der Waals surface area contributed by atoms with E-state index in [0.29, 0.717) is 12.1 Å². The minimum Gasteiger partial charge on any atom is -0.399 e. The molecule has 1 rings (SSSR count). The van der Waals surface area contributed by atoms with Crippen molar-refractivity contribution in [1.82, 2.24) is 0 Å². The number of aryl methyl sites for hydroxylation is 1. The molecule has 0 unspecified atom stereocenters. The average molecular weight is 243 g/mol. The first-order valence-corrected chi connectivity index (χ1v) is 6.89. The van der Waals surface area contributed by atoms with Gasteiger partial charge in [-0.25, -0.2) is 8.42 Å². The molecule has 2 N–H and O–H groups in total. The Kier molecular flexibility index (Phi) is 4.76. The van der Waals surface area contributed by atoms with Crippen molar-refractivity contribution in [1.29, 1.82) is 0 Å². The zero-order valence-corrected chi connectivity index (χ0v) is 10.2. The second-order valence-electron chi connectivity index (χ2n) is 3.64. The average Bonchev–Trinajstić information content (AvgIpc) is 2.26. The molecule has 0 fully saturated rings. The number of rotatable bonds is 6. The highest BCUT2D eigenvalue weighted by molar-refractivity contribution is 7.91. The molecular formula is C11H17NO3S. The number of methoxy groups -OCH3 is 1. The zero-order chi connectivity index (χ0) is 12.0. The van der Waals surface area contributed by atoms with Crippen LogP contribution in [0.2, 0.25) is 0 Å². The molecule has 1 aromatic rings. The molecule has 0 bridgehead atoms. The van der Waals surface area contributed by atoms with Crippen molar-refractivity contribution in [2.75, 3.05) is 31.0 Å². The quantitative estimate of drug-likeness (QED) is 0.753. The summed E-state index contributed by atoms with van der Waals surface area (Å²) in [6.45, 7) is 0.254. The predicted octanol–water partition coefficient (Wildman–Crippen LogP) is 0.872. The van der Waals surface area contributed by atoms with Crippen LogP contribution in [0.3, 0.4) is 0 Å². The highest BCUT2D eigenvalue weighted by atomic mass is 32.2. The summed E-state index contributed by atoms with van der Waals surface area (Å²) < 4.78 is 27.8. The van der Waals surface area contributed by atoms with Crippen LogP contribution in [0, 0.1) is 0 Å². The van der Waals surface area contributed by atoms with E-state index in [-0.39, 0.29) is 18.1 Å². The highest BCUT2D eigenvalue weighted by Crippen LogP contribution is 2.07. The van der Waals surface area contributed by atoms with Crippen LogP contribution in [-0.2, 0) is 21.0 Å². The lowest BCUT2D eigenvalue weighted by Crippen LogP contribution is -2.16.